The predicted octanol–water partition coefficient (Wildman–Crippen LogP) is 2.00. The van der Waals surface area contributed by atoms with Crippen LogP contribution in [0.25, 0.3) is 0 Å². The number of hydrogen-bond acceptors (Lipinski definition) is 4. The van der Waals surface area contributed by atoms with E-state index in [1.807, 2.05) is 0 Å². The van der Waals surface area contributed by atoms with Gasteiger partial charge in [0.1, 0.15) is 5.75 Å². The lowest BCUT2D eigenvalue weighted by molar-refractivity contribution is 0.0890. The summed E-state index contributed by atoms with van der Waals surface area (Å²) < 4.78 is 5.11. The molecule has 0 saturated carbocycles. The minimum Gasteiger partial charge on any atom is -0.507 e. The van der Waals surface area contributed by atoms with Crippen LogP contribution in [0.4, 0.5) is 0 Å². The van der Waals surface area contributed by atoms with Crippen LogP contribution in [0.2, 0.25) is 0 Å². The summed E-state index contributed by atoms with van der Waals surface area (Å²) in [5.74, 6) is -0.888. The van der Waals surface area contributed by atoms with Gasteiger partial charge in [-0.15, -0.1) is 0 Å². The Morgan fingerprint density at radius 1 is 1.29 bits per heavy atom. The maximum absolute atomic E-state index is 12.0. The van der Waals surface area contributed by atoms with Crippen molar-refractivity contribution in [2.24, 2.45) is 0 Å². The minimum absolute atomic E-state index is 0.0370. The molecule has 0 radical (unpaired) electrons. The number of aryl methyl sites for hydroxylation is 1. The van der Waals surface area contributed by atoms with Gasteiger partial charge in [0.15, 0.2) is 11.5 Å². The molecule has 1 aliphatic rings. The van der Waals surface area contributed by atoms with Crippen molar-refractivity contribution in [3.63, 3.8) is 0 Å². The van der Waals surface area contributed by atoms with Gasteiger partial charge in [0, 0.05) is 11.6 Å². The number of fused-ring (bicyclic) bond motifs is 1. The zero-order valence-electron chi connectivity index (χ0n) is 9.61. The summed E-state index contributed by atoms with van der Waals surface area (Å²) in [6.07, 6.45) is 1.13. The first-order chi connectivity index (χ1) is 8.04. The third-order valence-corrected chi connectivity index (χ3v) is 2.54. The van der Waals surface area contributed by atoms with Crippen molar-refractivity contribution >= 4 is 11.6 Å². The summed E-state index contributed by atoms with van der Waals surface area (Å²) in [5.41, 5.74) is 0.989. The lowest BCUT2D eigenvalue weighted by atomic mass is 9.91. The number of benzene rings is 1. The van der Waals surface area contributed by atoms with E-state index in [0.717, 1.165) is 11.6 Å². The maximum atomic E-state index is 12.0. The molecular formula is C13H12O4. The summed E-state index contributed by atoms with van der Waals surface area (Å²) >= 11 is 0. The maximum Gasteiger partial charge on any atom is 0.228 e. The Labute approximate surface area is 98.5 Å². The summed E-state index contributed by atoms with van der Waals surface area (Å²) in [7, 11) is 0. The Balaban J connectivity index is 2.60. The van der Waals surface area contributed by atoms with E-state index in [1.54, 1.807) is 19.9 Å². The van der Waals surface area contributed by atoms with Crippen LogP contribution in [0.15, 0.2) is 24.0 Å². The van der Waals surface area contributed by atoms with Crippen molar-refractivity contribution in [3.05, 3.63) is 40.7 Å². The molecule has 1 aliphatic carbocycles. The van der Waals surface area contributed by atoms with Gasteiger partial charge in [-0.25, -0.2) is 0 Å². The fraction of sp³-hybridized carbons (Fsp3) is 0.231. The number of ketones is 2. The average molecular weight is 232 g/mol. The molecule has 0 atom stereocenters. The summed E-state index contributed by atoms with van der Waals surface area (Å²) in [4.78, 5) is 23.8. The molecule has 4 nitrogen and oxygen atoms in total. The van der Waals surface area contributed by atoms with Crippen LogP contribution in [-0.2, 0) is 4.74 Å². The molecule has 0 heterocycles. The molecule has 0 saturated heterocycles. The van der Waals surface area contributed by atoms with E-state index >= 15 is 0 Å². The van der Waals surface area contributed by atoms with Gasteiger partial charge < -0.3 is 9.84 Å². The molecule has 1 aromatic rings. The van der Waals surface area contributed by atoms with E-state index in [9.17, 15) is 14.7 Å². The quantitative estimate of drug-likeness (QED) is 0.847. The Bertz CT molecular complexity index is 541. The van der Waals surface area contributed by atoms with E-state index in [-0.39, 0.29) is 28.4 Å². The van der Waals surface area contributed by atoms with Crippen LogP contribution in [0.5, 0.6) is 5.75 Å². The number of carbonyl (C=O) groups is 2. The van der Waals surface area contributed by atoms with Crippen molar-refractivity contribution < 1.29 is 19.4 Å². The first-order valence-corrected chi connectivity index (χ1v) is 5.31. The van der Waals surface area contributed by atoms with Crippen LogP contribution < -0.4 is 0 Å². The number of aromatic hydroxyl groups is 1. The molecule has 0 bridgehead atoms. The van der Waals surface area contributed by atoms with Gasteiger partial charge in [-0.3, -0.25) is 9.59 Å². The summed E-state index contributed by atoms with van der Waals surface area (Å²) in [6.45, 7) is 3.80. The van der Waals surface area contributed by atoms with Crippen LogP contribution in [0.1, 0.15) is 33.2 Å². The van der Waals surface area contributed by atoms with Crippen molar-refractivity contribution in [2.75, 3.05) is 6.61 Å². The van der Waals surface area contributed by atoms with Gasteiger partial charge in [-0.05, 0) is 31.5 Å². The smallest absolute Gasteiger partial charge is 0.228 e. The Kier molecular flexibility index (Phi) is 2.71. The Morgan fingerprint density at radius 2 is 2.00 bits per heavy atom. The second-order valence-electron chi connectivity index (χ2n) is 3.84. The molecule has 0 fully saturated rings. The number of Topliss-reactive ketones (excluding diaryl/α,β-unsaturated/α-hetero) is 1. The number of phenolic OH excluding ortho intramolecular Hbond substituents is 1. The number of phenols is 1. The monoisotopic (exact) mass is 232 g/mol. The summed E-state index contributed by atoms with van der Waals surface area (Å²) in [5, 5.41) is 9.70. The van der Waals surface area contributed by atoms with Gasteiger partial charge in [0.05, 0.1) is 12.2 Å². The van der Waals surface area contributed by atoms with Gasteiger partial charge in [0.25, 0.3) is 0 Å². The second-order valence-corrected chi connectivity index (χ2v) is 3.84. The molecule has 0 spiro atoms. The van der Waals surface area contributed by atoms with Crippen LogP contribution in [0, 0.1) is 6.92 Å². The number of allylic oxidation sites excluding steroid dienone is 2. The first kappa shape index (κ1) is 11.4. The first-order valence-electron chi connectivity index (χ1n) is 5.31. The SMILES string of the molecule is CCOC1=CC(=O)c2c(O)cc(C)cc2C1=O. The highest BCUT2D eigenvalue weighted by atomic mass is 16.5. The number of rotatable bonds is 2. The number of ether oxygens (including phenoxy) is 1. The van der Waals surface area contributed by atoms with Crippen molar-refractivity contribution in [1.29, 1.82) is 0 Å². The third-order valence-electron chi connectivity index (χ3n) is 2.54. The topological polar surface area (TPSA) is 63.6 Å². The molecule has 2 rings (SSSR count). The molecule has 0 aromatic heterocycles. The van der Waals surface area contributed by atoms with Crippen LogP contribution >= 0.6 is 0 Å². The molecule has 1 N–H and O–H groups in total. The molecular weight excluding hydrogens is 220 g/mol. The Morgan fingerprint density at radius 3 is 2.65 bits per heavy atom. The van der Waals surface area contributed by atoms with Crippen molar-refractivity contribution in [1.82, 2.24) is 0 Å². The van der Waals surface area contributed by atoms with Crippen LogP contribution in [-0.4, -0.2) is 23.3 Å². The van der Waals surface area contributed by atoms with Crippen molar-refractivity contribution in [3.8, 4) is 5.75 Å². The molecule has 0 aliphatic heterocycles. The van der Waals surface area contributed by atoms with E-state index in [2.05, 4.69) is 0 Å². The molecule has 4 heteroatoms. The third kappa shape index (κ3) is 1.82. The van der Waals surface area contributed by atoms with E-state index in [1.165, 1.54) is 6.07 Å². The molecule has 17 heavy (non-hydrogen) atoms. The second kappa shape index (κ2) is 4.05. The number of carbonyl (C=O) groups excluding carboxylic acids is 2. The van der Waals surface area contributed by atoms with E-state index in [0.29, 0.717) is 6.61 Å². The standard InChI is InChI=1S/C13H12O4/c1-3-17-11-6-10(15)12-8(13(11)16)4-7(2)5-9(12)14/h4-6,14H,3H2,1-2H3. The normalized spacial score (nSPS) is 14.4. The lowest BCUT2D eigenvalue weighted by Gasteiger charge is -2.16. The Hall–Kier alpha value is -2.10. The highest BCUT2D eigenvalue weighted by molar-refractivity contribution is 6.24. The predicted molar refractivity (Wildman–Crippen MR) is 61.2 cm³/mol. The average Bonchev–Trinajstić information content (AvgIpc) is 2.24. The zero-order chi connectivity index (χ0) is 12.6. The largest absolute Gasteiger partial charge is 0.507 e. The zero-order valence-corrected chi connectivity index (χ0v) is 9.61. The highest BCUT2D eigenvalue weighted by Gasteiger charge is 2.29. The number of hydrogen-bond donors (Lipinski definition) is 1. The van der Waals surface area contributed by atoms with Gasteiger partial charge in [-0.2, -0.15) is 0 Å². The van der Waals surface area contributed by atoms with E-state index in [4.69, 9.17) is 4.74 Å². The lowest BCUT2D eigenvalue weighted by Crippen LogP contribution is -2.19. The van der Waals surface area contributed by atoms with Gasteiger partial charge in [0.2, 0.25) is 5.78 Å². The van der Waals surface area contributed by atoms with Gasteiger partial charge in [-0.1, -0.05) is 0 Å². The molecule has 1 aromatic carbocycles. The van der Waals surface area contributed by atoms with Crippen molar-refractivity contribution in [2.45, 2.75) is 13.8 Å². The van der Waals surface area contributed by atoms with Crippen LogP contribution in [0.3, 0.4) is 0 Å². The van der Waals surface area contributed by atoms with E-state index < -0.39 is 5.78 Å². The fourth-order valence-electron chi connectivity index (χ4n) is 1.86. The van der Waals surface area contributed by atoms with Gasteiger partial charge >= 0.3 is 0 Å². The fourth-order valence-corrected chi connectivity index (χ4v) is 1.86. The molecule has 0 unspecified atom stereocenters. The molecule has 88 valence electrons. The molecule has 0 amide bonds. The summed E-state index contributed by atoms with van der Waals surface area (Å²) in [6, 6.07) is 3.05. The minimum atomic E-state index is -0.402. The highest BCUT2D eigenvalue weighted by Crippen LogP contribution is 2.30.